The van der Waals surface area contributed by atoms with Crippen LogP contribution in [-0.4, -0.2) is 24.4 Å². The van der Waals surface area contributed by atoms with E-state index in [1.165, 1.54) is 0 Å². The Kier molecular flexibility index (Phi) is 3.49. The number of rotatable bonds is 2. The van der Waals surface area contributed by atoms with Crippen LogP contribution in [0, 0.1) is 0 Å². The molecule has 0 saturated carbocycles. The summed E-state index contributed by atoms with van der Waals surface area (Å²) >= 11 is 1.10. The van der Waals surface area contributed by atoms with Crippen molar-refractivity contribution in [2.24, 2.45) is 0 Å². The molecule has 1 aromatic rings. The fraction of sp³-hybridized carbons (Fsp3) is 0.700. The SMILES string of the molecule is FC(F)(F)Cc1nc(C2CCOCC2)cs1. The normalized spacial score (nSPS) is 18.9. The van der Waals surface area contributed by atoms with Gasteiger partial charge in [0.15, 0.2) is 0 Å². The largest absolute Gasteiger partial charge is 0.395 e. The average Bonchev–Trinajstić information content (AvgIpc) is 2.65. The zero-order valence-corrected chi connectivity index (χ0v) is 9.40. The maximum Gasteiger partial charge on any atom is 0.395 e. The molecule has 6 heteroatoms. The number of alkyl halides is 3. The van der Waals surface area contributed by atoms with Crippen LogP contribution in [-0.2, 0) is 11.2 Å². The number of thiazole rings is 1. The quantitative estimate of drug-likeness (QED) is 0.805. The highest BCUT2D eigenvalue weighted by molar-refractivity contribution is 7.09. The summed E-state index contributed by atoms with van der Waals surface area (Å²) in [4.78, 5) is 4.06. The Labute approximate surface area is 95.5 Å². The Morgan fingerprint density at radius 3 is 2.69 bits per heavy atom. The van der Waals surface area contributed by atoms with Gasteiger partial charge in [-0.15, -0.1) is 11.3 Å². The number of halogens is 3. The van der Waals surface area contributed by atoms with Crippen molar-refractivity contribution in [3.05, 3.63) is 16.1 Å². The number of aromatic nitrogens is 1. The number of hydrogen-bond acceptors (Lipinski definition) is 3. The Morgan fingerprint density at radius 2 is 2.06 bits per heavy atom. The van der Waals surface area contributed by atoms with Gasteiger partial charge in [-0.3, -0.25) is 0 Å². The van der Waals surface area contributed by atoms with Gasteiger partial charge in [0.05, 0.1) is 12.1 Å². The van der Waals surface area contributed by atoms with Gasteiger partial charge in [-0.1, -0.05) is 0 Å². The van der Waals surface area contributed by atoms with Crippen LogP contribution in [0.3, 0.4) is 0 Å². The van der Waals surface area contributed by atoms with Gasteiger partial charge in [-0.2, -0.15) is 13.2 Å². The first kappa shape index (κ1) is 11.9. The Bertz CT molecular complexity index is 344. The molecule has 0 bridgehead atoms. The zero-order chi connectivity index (χ0) is 11.6. The van der Waals surface area contributed by atoms with Gasteiger partial charge in [0.2, 0.25) is 0 Å². The monoisotopic (exact) mass is 251 g/mol. The third-order valence-corrected chi connectivity index (χ3v) is 3.43. The average molecular weight is 251 g/mol. The highest BCUT2D eigenvalue weighted by Crippen LogP contribution is 2.30. The van der Waals surface area contributed by atoms with Crippen molar-refractivity contribution in [3.8, 4) is 0 Å². The number of ether oxygens (including phenoxy) is 1. The van der Waals surface area contributed by atoms with Crippen LogP contribution in [0.25, 0.3) is 0 Å². The van der Waals surface area contributed by atoms with E-state index >= 15 is 0 Å². The molecule has 2 rings (SSSR count). The molecule has 16 heavy (non-hydrogen) atoms. The summed E-state index contributed by atoms with van der Waals surface area (Å²) < 4.78 is 41.6. The van der Waals surface area contributed by atoms with Crippen LogP contribution in [0.2, 0.25) is 0 Å². The van der Waals surface area contributed by atoms with Gasteiger partial charge in [0.25, 0.3) is 0 Å². The zero-order valence-electron chi connectivity index (χ0n) is 8.59. The van der Waals surface area contributed by atoms with E-state index < -0.39 is 12.6 Å². The van der Waals surface area contributed by atoms with Crippen LogP contribution in [0.15, 0.2) is 5.38 Å². The topological polar surface area (TPSA) is 22.1 Å². The summed E-state index contributed by atoms with van der Waals surface area (Å²) in [6, 6.07) is 0. The van der Waals surface area contributed by atoms with Crippen LogP contribution in [0.5, 0.6) is 0 Å². The van der Waals surface area contributed by atoms with E-state index in [9.17, 15) is 13.2 Å². The molecule has 1 aliphatic heterocycles. The van der Waals surface area contributed by atoms with E-state index in [4.69, 9.17) is 4.74 Å². The molecule has 0 amide bonds. The highest BCUT2D eigenvalue weighted by atomic mass is 32.1. The van der Waals surface area contributed by atoms with Crippen molar-refractivity contribution >= 4 is 11.3 Å². The summed E-state index contributed by atoms with van der Waals surface area (Å²) in [5.41, 5.74) is 0.799. The van der Waals surface area contributed by atoms with E-state index in [0.29, 0.717) is 13.2 Å². The molecule has 1 aromatic heterocycles. The maximum absolute atomic E-state index is 12.1. The smallest absolute Gasteiger partial charge is 0.381 e. The predicted molar refractivity (Wildman–Crippen MR) is 54.7 cm³/mol. The van der Waals surface area contributed by atoms with E-state index in [-0.39, 0.29) is 10.9 Å². The van der Waals surface area contributed by atoms with Gasteiger partial charge in [0.1, 0.15) is 5.01 Å². The molecule has 0 atom stereocenters. The second-order valence-corrected chi connectivity index (χ2v) is 4.79. The Morgan fingerprint density at radius 1 is 1.38 bits per heavy atom. The molecule has 1 saturated heterocycles. The molecular formula is C10H12F3NOS. The third kappa shape index (κ3) is 3.18. The second kappa shape index (κ2) is 4.71. The predicted octanol–water partition coefficient (Wildman–Crippen LogP) is 3.14. The Balaban J connectivity index is 2.01. The van der Waals surface area contributed by atoms with Gasteiger partial charge in [-0.05, 0) is 12.8 Å². The minimum atomic E-state index is -4.16. The summed E-state index contributed by atoms with van der Waals surface area (Å²) in [6.45, 7) is 1.35. The molecule has 0 unspecified atom stereocenters. The first-order valence-electron chi connectivity index (χ1n) is 5.13. The lowest BCUT2D eigenvalue weighted by molar-refractivity contribution is -0.127. The van der Waals surface area contributed by atoms with Crippen LogP contribution in [0.1, 0.15) is 29.5 Å². The summed E-state index contributed by atoms with van der Waals surface area (Å²) in [5, 5.41) is 1.91. The minimum absolute atomic E-state index is 0.161. The first-order chi connectivity index (χ1) is 7.54. The van der Waals surface area contributed by atoms with Crippen LogP contribution < -0.4 is 0 Å². The lowest BCUT2D eigenvalue weighted by Gasteiger charge is -2.19. The number of hydrogen-bond donors (Lipinski definition) is 0. The molecule has 1 fully saturated rings. The third-order valence-electron chi connectivity index (χ3n) is 2.56. The van der Waals surface area contributed by atoms with E-state index in [1.54, 1.807) is 5.38 Å². The van der Waals surface area contributed by atoms with Crippen molar-refractivity contribution in [2.75, 3.05) is 13.2 Å². The van der Waals surface area contributed by atoms with Gasteiger partial charge >= 0.3 is 6.18 Å². The summed E-state index contributed by atoms with van der Waals surface area (Å²) in [7, 11) is 0. The van der Waals surface area contributed by atoms with Gasteiger partial charge in [-0.25, -0.2) is 4.98 Å². The molecule has 1 aliphatic rings. The summed E-state index contributed by atoms with van der Waals surface area (Å²) in [6.07, 6.45) is -3.37. The molecule has 0 aliphatic carbocycles. The fourth-order valence-corrected chi connectivity index (χ4v) is 2.67. The van der Waals surface area contributed by atoms with Crippen LogP contribution in [0.4, 0.5) is 13.2 Å². The van der Waals surface area contributed by atoms with Gasteiger partial charge in [0, 0.05) is 24.5 Å². The molecule has 0 aromatic carbocycles. The minimum Gasteiger partial charge on any atom is -0.381 e. The van der Waals surface area contributed by atoms with Crippen molar-refractivity contribution in [1.82, 2.24) is 4.98 Å². The van der Waals surface area contributed by atoms with Crippen molar-refractivity contribution in [3.63, 3.8) is 0 Å². The molecule has 2 nitrogen and oxygen atoms in total. The molecule has 0 radical (unpaired) electrons. The lowest BCUT2D eigenvalue weighted by atomic mass is 9.98. The van der Waals surface area contributed by atoms with Crippen molar-refractivity contribution < 1.29 is 17.9 Å². The molecule has 2 heterocycles. The van der Waals surface area contributed by atoms with E-state index in [0.717, 1.165) is 29.9 Å². The lowest BCUT2D eigenvalue weighted by Crippen LogP contribution is -2.15. The summed E-state index contributed by atoms with van der Waals surface area (Å²) in [5.74, 6) is 0.270. The highest BCUT2D eigenvalue weighted by Gasteiger charge is 2.30. The number of nitrogens with zero attached hydrogens (tertiary/aromatic N) is 1. The van der Waals surface area contributed by atoms with E-state index in [2.05, 4.69) is 4.98 Å². The van der Waals surface area contributed by atoms with Crippen molar-refractivity contribution in [2.45, 2.75) is 31.4 Å². The van der Waals surface area contributed by atoms with Gasteiger partial charge < -0.3 is 4.74 Å². The molecule has 0 N–H and O–H groups in total. The maximum atomic E-state index is 12.1. The molecular weight excluding hydrogens is 239 g/mol. The van der Waals surface area contributed by atoms with E-state index in [1.807, 2.05) is 0 Å². The van der Waals surface area contributed by atoms with Crippen molar-refractivity contribution in [1.29, 1.82) is 0 Å². The molecule has 0 spiro atoms. The fourth-order valence-electron chi connectivity index (χ4n) is 1.76. The molecule has 90 valence electrons. The van der Waals surface area contributed by atoms with Crippen LogP contribution >= 0.6 is 11.3 Å². The first-order valence-corrected chi connectivity index (χ1v) is 6.01. The Hall–Kier alpha value is -0.620. The standard InChI is InChI=1S/C10H12F3NOS/c11-10(12,13)5-9-14-8(6-16-9)7-1-3-15-4-2-7/h6-7H,1-5H2. The second-order valence-electron chi connectivity index (χ2n) is 3.84.